The van der Waals surface area contributed by atoms with Crippen LogP contribution in [0.15, 0.2) is 18.2 Å². The highest BCUT2D eigenvalue weighted by molar-refractivity contribution is 6.31. The molecule has 0 saturated heterocycles. The van der Waals surface area contributed by atoms with Crippen molar-refractivity contribution in [2.24, 2.45) is 0 Å². The number of nitrogens with one attached hydrogen (secondary N) is 2. The van der Waals surface area contributed by atoms with Crippen molar-refractivity contribution < 1.29 is 14.7 Å². The molecule has 6 heteroatoms. The monoisotopic (exact) mass is 306 g/mol. The van der Waals surface area contributed by atoms with Gasteiger partial charge in [-0.25, -0.2) is 4.79 Å². The normalized spacial score (nSPS) is 10.5. The Kier molecular flexibility index (Phi) is 4.04. The summed E-state index contributed by atoms with van der Waals surface area (Å²) in [5.41, 5.74) is 2.77. The molecule has 5 nitrogen and oxygen atoms in total. The van der Waals surface area contributed by atoms with Gasteiger partial charge in [0.1, 0.15) is 5.69 Å². The number of H-pyrrole nitrogens is 1. The summed E-state index contributed by atoms with van der Waals surface area (Å²) in [6.45, 7) is 5.12. The number of carboxylic acid groups (broad SMARTS) is 1. The van der Waals surface area contributed by atoms with Crippen LogP contribution in [0.25, 0.3) is 0 Å². The van der Waals surface area contributed by atoms with Gasteiger partial charge in [-0.3, -0.25) is 4.79 Å². The number of aromatic carboxylic acids is 1. The van der Waals surface area contributed by atoms with E-state index in [0.717, 1.165) is 5.56 Å². The fourth-order valence-corrected chi connectivity index (χ4v) is 2.39. The van der Waals surface area contributed by atoms with Gasteiger partial charge in [-0.15, -0.1) is 0 Å². The Morgan fingerprint density at radius 1 is 1.24 bits per heavy atom. The second-order valence-corrected chi connectivity index (χ2v) is 5.28. The summed E-state index contributed by atoms with van der Waals surface area (Å²) >= 11 is 5.92. The lowest BCUT2D eigenvalue weighted by molar-refractivity contribution is 0.0690. The van der Waals surface area contributed by atoms with Gasteiger partial charge in [-0.1, -0.05) is 17.7 Å². The minimum atomic E-state index is -1.09. The van der Waals surface area contributed by atoms with Crippen molar-refractivity contribution in [3.63, 3.8) is 0 Å². The SMILES string of the molecule is Cc1ccc(Cl)cc1NC(=O)c1c(C)[nH]c(C(=O)O)c1C. The highest BCUT2D eigenvalue weighted by atomic mass is 35.5. The summed E-state index contributed by atoms with van der Waals surface area (Å²) in [6.07, 6.45) is 0. The molecule has 0 radical (unpaired) electrons. The summed E-state index contributed by atoms with van der Waals surface area (Å²) in [6, 6.07) is 5.20. The molecule has 2 aromatic rings. The molecule has 3 N–H and O–H groups in total. The smallest absolute Gasteiger partial charge is 0.352 e. The van der Waals surface area contributed by atoms with Crippen molar-refractivity contribution in [3.8, 4) is 0 Å². The number of carbonyl (C=O) groups is 2. The summed E-state index contributed by atoms with van der Waals surface area (Å²) in [5.74, 6) is -1.45. The Balaban J connectivity index is 2.37. The van der Waals surface area contributed by atoms with Crippen LogP contribution in [0, 0.1) is 20.8 Å². The summed E-state index contributed by atoms with van der Waals surface area (Å²) in [7, 11) is 0. The number of aromatic nitrogens is 1. The fraction of sp³-hybridized carbons (Fsp3) is 0.200. The van der Waals surface area contributed by atoms with E-state index in [1.165, 1.54) is 0 Å². The molecule has 110 valence electrons. The maximum atomic E-state index is 12.4. The first kappa shape index (κ1) is 15.1. The van der Waals surface area contributed by atoms with Crippen molar-refractivity contribution in [2.45, 2.75) is 20.8 Å². The Morgan fingerprint density at radius 2 is 1.90 bits per heavy atom. The molecule has 0 fully saturated rings. The van der Waals surface area contributed by atoms with Crippen LogP contribution in [0.5, 0.6) is 0 Å². The number of hydrogen-bond acceptors (Lipinski definition) is 2. The first-order valence-corrected chi connectivity index (χ1v) is 6.69. The van der Waals surface area contributed by atoms with Crippen molar-refractivity contribution in [2.75, 3.05) is 5.32 Å². The van der Waals surface area contributed by atoms with Gasteiger partial charge in [-0.2, -0.15) is 0 Å². The second kappa shape index (κ2) is 5.61. The first-order chi connectivity index (χ1) is 9.81. The molecule has 0 saturated carbocycles. The molecule has 0 spiro atoms. The molecule has 1 aromatic carbocycles. The zero-order valence-corrected chi connectivity index (χ0v) is 12.6. The summed E-state index contributed by atoms with van der Waals surface area (Å²) in [4.78, 5) is 26.2. The van der Waals surface area contributed by atoms with Crippen LogP contribution in [0.1, 0.15) is 37.7 Å². The molecule has 0 aliphatic carbocycles. The lowest BCUT2D eigenvalue weighted by Crippen LogP contribution is -2.14. The number of anilines is 1. The highest BCUT2D eigenvalue weighted by Gasteiger charge is 2.21. The average Bonchev–Trinajstić information content (AvgIpc) is 2.69. The predicted molar refractivity (Wildman–Crippen MR) is 81.4 cm³/mol. The van der Waals surface area contributed by atoms with E-state index < -0.39 is 5.97 Å². The van der Waals surface area contributed by atoms with Crippen molar-refractivity contribution in [1.29, 1.82) is 0 Å². The maximum absolute atomic E-state index is 12.4. The van der Waals surface area contributed by atoms with Gasteiger partial charge in [0.25, 0.3) is 5.91 Å². The third-order valence-electron chi connectivity index (χ3n) is 3.33. The largest absolute Gasteiger partial charge is 0.477 e. The Hall–Kier alpha value is -2.27. The fourth-order valence-electron chi connectivity index (χ4n) is 2.22. The molecule has 0 aliphatic rings. The van der Waals surface area contributed by atoms with Gasteiger partial charge in [-0.05, 0) is 44.0 Å². The van der Waals surface area contributed by atoms with Gasteiger partial charge >= 0.3 is 5.97 Å². The van der Waals surface area contributed by atoms with Crippen LogP contribution in [0.4, 0.5) is 5.69 Å². The van der Waals surface area contributed by atoms with Crippen LogP contribution in [0.2, 0.25) is 5.02 Å². The molecule has 0 bridgehead atoms. The van der Waals surface area contributed by atoms with Gasteiger partial charge in [0.15, 0.2) is 0 Å². The van der Waals surface area contributed by atoms with Crippen molar-refractivity contribution in [3.05, 3.63) is 51.3 Å². The Labute approximate surface area is 126 Å². The summed E-state index contributed by atoms with van der Waals surface area (Å²) in [5, 5.41) is 12.4. The zero-order valence-electron chi connectivity index (χ0n) is 11.9. The first-order valence-electron chi connectivity index (χ1n) is 6.31. The lowest BCUT2D eigenvalue weighted by atomic mass is 10.1. The number of carboxylic acids is 1. The van der Waals surface area contributed by atoms with Crippen LogP contribution >= 0.6 is 11.6 Å². The lowest BCUT2D eigenvalue weighted by Gasteiger charge is -2.09. The second-order valence-electron chi connectivity index (χ2n) is 4.84. The van der Waals surface area contributed by atoms with E-state index in [1.807, 2.05) is 6.92 Å². The number of halogens is 1. The molecule has 2 rings (SSSR count). The molecular formula is C15H15ClN2O3. The number of aryl methyl sites for hydroxylation is 2. The number of hydrogen-bond donors (Lipinski definition) is 3. The molecule has 0 aliphatic heterocycles. The number of aromatic amines is 1. The third kappa shape index (κ3) is 2.92. The van der Waals surface area contributed by atoms with Crippen molar-refractivity contribution >= 4 is 29.2 Å². The topological polar surface area (TPSA) is 82.2 Å². The Morgan fingerprint density at radius 3 is 2.48 bits per heavy atom. The molecule has 21 heavy (non-hydrogen) atoms. The van der Waals surface area contributed by atoms with Crippen LogP contribution in [-0.4, -0.2) is 22.0 Å². The molecule has 0 atom stereocenters. The average molecular weight is 307 g/mol. The van der Waals surface area contributed by atoms with E-state index in [0.29, 0.717) is 27.5 Å². The van der Waals surface area contributed by atoms with Crippen LogP contribution in [0.3, 0.4) is 0 Å². The van der Waals surface area contributed by atoms with E-state index >= 15 is 0 Å². The molecule has 1 amide bonds. The molecular weight excluding hydrogens is 292 g/mol. The molecule has 1 heterocycles. The quantitative estimate of drug-likeness (QED) is 0.811. The van der Waals surface area contributed by atoms with E-state index in [2.05, 4.69) is 10.3 Å². The molecule has 1 aromatic heterocycles. The minimum Gasteiger partial charge on any atom is -0.477 e. The van der Waals surface area contributed by atoms with Crippen molar-refractivity contribution in [1.82, 2.24) is 4.98 Å². The minimum absolute atomic E-state index is 0.0282. The maximum Gasteiger partial charge on any atom is 0.352 e. The molecule has 0 unspecified atom stereocenters. The number of carbonyl (C=O) groups excluding carboxylic acids is 1. The van der Waals surface area contributed by atoms with E-state index in [9.17, 15) is 9.59 Å². The predicted octanol–water partition coefficient (Wildman–Crippen LogP) is 3.54. The van der Waals surface area contributed by atoms with Crippen LogP contribution in [-0.2, 0) is 0 Å². The standard InChI is InChI=1S/C15H15ClN2O3/c1-7-4-5-10(16)6-11(7)18-14(19)12-8(2)13(15(20)21)17-9(12)3/h4-6,17H,1-3H3,(H,18,19)(H,20,21). The van der Waals surface area contributed by atoms with Gasteiger partial charge in [0.2, 0.25) is 0 Å². The number of benzene rings is 1. The number of amides is 1. The van der Waals surface area contributed by atoms with Gasteiger partial charge in [0.05, 0.1) is 5.56 Å². The third-order valence-corrected chi connectivity index (χ3v) is 3.56. The van der Waals surface area contributed by atoms with Gasteiger partial charge < -0.3 is 15.4 Å². The number of rotatable bonds is 3. The summed E-state index contributed by atoms with van der Waals surface area (Å²) < 4.78 is 0. The van der Waals surface area contributed by atoms with Crippen LogP contribution < -0.4 is 5.32 Å². The Bertz CT molecular complexity index is 735. The van der Waals surface area contributed by atoms with E-state index in [1.54, 1.807) is 32.0 Å². The van der Waals surface area contributed by atoms with E-state index in [4.69, 9.17) is 16.7 Å². The highest BCUT2D eigenvalue weighted by Crippen LogP contribution is 2.23. The van der Waals surface area contributed by atoms with E-state index in [-0.39, 0.29) is 11.6 Å². The van der Waals surface area contributed by atoms with Gasteiger partial charge in [0, 0.05) is 16.4 Å². The zero-order chi connectivity index (χ0) is 15.7.